The van der Waals surface area contributed by atoms with E-state index in [1.807, 2.05) is 6.92 Å². The fourth-order valence-electron chi connectivity index (χ4n) is 2.95. The number of hydrogen-bond donors (Lipinski definition) is 1. The highest BCUT2D eigenvalue weighted by Crippen LogP contribution is 2.31. The first-order valence-electron chi connectivity index (χ1n) is 6.61. The van der Waals surface area contributed by atoms with Gasteiger partial charge >= 0.3 is 0 Å². The minimum atomic E-state index is 0.00127. The zero-order valence-electron chi connectivity index (χ0n) is 10.7. The molecule has 1 aromatic rings. The maximum absolute atomic E-state index is 9.16. The molecule has 2 fully saturated rings. The molecule has 1 aliphatic heterocycles. The first-order valence-corrected chi connectivity index (χ1v) is 6.61. The van der Waals surface area contributed by atoms with Gasteiger partial charge in [-0.2, -0.15) is 0 Å². The number of ether oxygens (including phenoxy) is 1. The van der Waals surface area contributed by atoms with Crippen molar-refractivity contribution in [2.45, 2.75) is 44.9 Å². The lowest BCUT2D eigenvalue weighted by atomic mass is 10.1. The van der Waals surface area contributed by atoms with Crippen LogP contribution in [0.4, 0.5) is 5.95 Å². The molecule has 0 radical (unpaired) electrons. The topological polar surface area (TPSA) is 58.5 Å². The molecule has 5 nitrogen and oxygen atoms in total. The first-order chi connectivity index (χ1) is 8.79. The van der Waals surface area contributed by atoms with E-state index in [1.165, 1.54) is 6.42 Å². The number of nitrogens with zero attached hydrogens (tertiary/aromatic N) is 3. The molecule has 1 N–H and O–H groups in total. The molecular formula is C13H19N3O2. The molecule has 3 rings (SSSR count). The zero-order valence-corrected chi connectivity index (χ0v) is 10.7. The Kier molecular flexibility index (Phi) is 3.18. The number of fused-ring (bicyclic) bond motifs is 1. The van der Waals surface area contributed by atoms with Crippen molar-refractivity contribution in [3.63, 3.8) is 0 Å². The predicted molar refractivity (Wildman–Crippen MR) is 67.4 cm³/mol. The summed E-state index contributed by atoms with van der Waals surface area (Å²) >= 11 is 0. The minimum absolute atomic E-state index is 0.00127. The van der Waals surface area contributed by atoms with Gasteiger partial charge in [0.15, 0.2) is 0 Å². The van der Waals surface area contributed by atoms with Crippen molar-refractivity contribution in [3.05, 3.63) is 17.5 Å². The molecule has 5 heteroatoms. The molecule has 2 heterocycles. The maximum atomic E-state index is 9.16. The van der Waals surface area contributed by atoms with Crippen LogP contribution in [-0.2, 0) is 11.3 Å². The lowest BCUT2D eigenvalue weighted by Crippen LogP contribution is -2.49. The lowest BCUT2D eigenvalue weighted by Gasteiger charge is -2.37. The Morgan fingerprint density at radius 3 is 3.17 bits per heavy atom. The van der Waals surface area contributed by atoms with Gasteiger partial charge in [-0.05, 0) is 26.2 Å². The standard InChI is InChI=1S/C13H19N3O2/c1-9-10(8-17)7-14-13(15-9)16-5-6-18-12-4-2-3-11(12)16/h7,11-12,17H,2-6,8H2,1H3. The van der Waals surface area contributed by atoms with Gasteiger partial charge in [-0.15, -0.1) is 0 Å². The van der Waals surface area contributed by atoms with Crippen LogP contribution in [0.5, 0.6) is 0 Å². The van der Waals surface area contributed by atoms with Crippen molar-refractivity contribution < 1.29 is 9.84 Å². The Morgan fingerprint density at radius 2 is 2.39 bits per heavy atom. The van der Waals surface area contributed by atoms with Gasteiger partial charge in [0.1, 0.15) is 0 Å². The monoisotopic (exact) mass is 249 g/mol. The van der Waals surface area contributed by atoms with Crippen LogP contribution in [-0.4, -0.2) is 40.4 Å². The summed E-state index contributed by atoms with van der Waals surface area (Å²) in [6.45, 7) is 3.54. The van der Waals surface area contributed by atoms with Crippen LogP contribution in [0.1, 0.15) is 30.5 Å². The van der Waals surface area contributed by atoms with Crippen molar-refractivity contribution in [2.75, 3.05) is 18.1 Å². The normalized spacial score (nSPS) is 27.3. The van der Waals surface area contributed by atoms with Gasteiger partial charge in [-0.3, -0.25) is 0 Å². The second kappa shape index (κ2) is 4.82. The maximum Gasteiger partial charge on any atom is 0.225 e. The molecule has 2 aliphatic rings. The average molecular weight is 249 g/mol. The molecule has 0 amide bonds. The van der Waals surface area contributed by atoms with Gasteiger partial charge in [-0.1, -0.05) is 0 Å². The third kappa shape index (κ3) is 1.97. The molecule has 1 saturated heterocycles. The Hall–Kier alpha value is -1.20. The summed E-state index contributed by atoms with van der Waals surface area (Å²) in [5, 5.41) is 9.16. The van der Waals surface area contributed by atoms with Gasteiger partial charge in [0.05, 0.1) is 25.4 Å². The molecule has 0 aromatic carbocycles. The van der Waals surface area contributed by atoms with Crippen LogP contribution in [0.3, 0.4) is 0 Å². The third-order valence-corrected chi connectivity index (χ3v) is 3.98. The molecule has 2 atom stereocenters. The van der Waals surface area contributed by atoms with Crippen molar-refractivity contribution in [1.82, 2.24) is 9.97 Å². The van der Waals surface area contributed by atoms with Crippen molar-refractivity contribution in [3.8, 4) is 0 Å². The Balaban J connectivity index is 1.87. The summed E-state index contributed by atoms with van der Waals surface area (Å²) in [5.41, 5.74) is 1.67. The summed E-state index contributed by atoms with van der Waals surface area (Å²) < 4.78 is 5.79. The van der Waals surface area contributed by atoms with Crippen LogP contribution in [0.2, 0.25) is 0 Å². The predicted octanol–water partition coefficient (Wildman–Crippen LogP) is 1.04. The van der Waals surface area contributed by atoms with E-state index in [0.29, 0.717) is 12.1 Å². The first kappa shape index (κ1) is 11.9. The largest absolute Gasteiger partial charge is 0.392 e. The van der Waals surface area contributed by atoms with Crippen LogP contribution in [0, 0.1) is 6.92 Å². The lowest BCUT2D eigenvalue weighted by molar-refractivity contribution is 0.0249. The van der Waals surface area contributed by atoms with Gasteiger partial charge in [-0.25, -0.2) is 9.97 Å². The van der Waals surface area contributed by atoms with E-state index in [2.05, 4.69) is 14.9 Å². The van der Waals surface area contributed by atoms with E-state index < -0.39 is 0 Å². The van der Waals surface area contributed by atoms with Crippen LogP contribution in [0.25, 0.3) is 0 Å². The number of rotatable bonds is 2. The van der Waals surface area contributed by atoms with E-state index >= 15 is 0 Å². The summed E-state index contributed by atoms with van der Waals surface area (Å²) in [5.74, 6) is 0.782. The van der Waals surface area contributed by atoms with Gasteiger partial charge in [0, 0.05) is 24.0 Å². The number of aliphatic hydroxyl groups is 1. The van der Waals surface area contributed by atoms with Gasteiger partial charge in [0.25, 0.3) is 0 Å². The van der Waals surface area contributed by atoms with E-state index in [4.69, 9.17) is 9.84 Å². The number of hydrogen-bond acceptors (Lipinski definition) is 5. The molecule has 2 unspecified atom stereocenters. The highest BCUT2D eigenvalue weighted by molar-refractivity contribution is 5.36. The summed E-state index contributed by atoms with van der Waals surface area (Å²) in [4.78, 5) is 11.2. The quantitative estimate of drug-likeness (QED) is 0.848. The number of aliphatic hydroxyl groups excluding tert-OH is 1. The smallest absolute Gasteiger partial charge is 0.225 e. The van der Waals surface area contributed by atoms with E-state index in [0.717, 1.165) is 43.2 Å². The summed E-state index contributed by atoms with van der Waals surface area (Å²) in [7, 11) is 0. The highest BCUT2D eigenvalue weighted by Gasteiger charge is 2.37. The third-order valence-electron chi connectivity index (χ3n) is 3.98. The molecule has 18 heavy (non-hydrogen) atoms. The molecule has 1 aromatic heterocycles. The Bertz CT molecular complexity index is 438. The zero-order chi connectivity index (χ0) is 12.5. The highest BCUT2D eigenvalue weighted by atomic mass is 16.5. The molecule has 98 valence electrons. The molecular weight excluding hydrogens is 230 g/mol. The summed E-state index contributed by atoms with van der Waals surface area (Å²) in [6.07, 6.45) is 5.61. The Morgan fingerprint density at radius 1 is 1.50 bits per heavy atom. The fourth-order valence-corrected chi connectivity index (χ4v) is 2.95. The van der Waals surface area contributed by atoms with Crippen molar-refractivity contribution >= 4 is 5.95 Å². The number of aryl methyl sites for hydroxylation is 1. The number of aromatic nitrogens is 2. The van der Waals surface area contributed by atoms with Crippen LogP contribution >= 0.6 is 0 Å². The molecule has 1 saturated carbocycles. The second-order valence-electron chi connectivity index (χ2n) is 5.04. The summed E-state index contributed by atoms with van der Waals surface area (Å²) in [6, 6.07) is 0.429. The number of morpholine rings is 1. The van der Waals surface area contributed by atoms with Gasteiger partial charge < -0.3 is 14.7 Å². The second-order valence-corrected chi connectivity index (χ2v) is 5.04. The Labute approximate surface area is 107 Å². The molecule has 0 spiro atoms. The molecule has 0 bridgehead atoms. The molecule has 1 aliphatic carbocycles. The van der Waals surface area contributed by atoms with E-state index in [9.17, 15) is 0 Å². The SMILES string of the molecule is Cc1nc(N2CCOC3CCCC32)ncc1CO. The van der Waals surface area contributed by atoms with Crippen molar-refractivity contribution in [1.29, 1.82) is 0 Å². The van der Waals surface area contributed by atoms with E-state index in [1.54, 1.807) is 6.20 Å². The number of anilines is 1. The van der Waals surface area contributed by atoms with Gasteiger partial charge in [0.2, 0.25) is 5.95 Å². The fraction of sp³-hybridized carbons (Fsp3) is 0.692. The van der Waals surface area contributed by atoms with Crippen LogP contribution < -0.4 is 4.90 Å². The van der Waals surface area contributed by atoms with Crippen LogP contribution in [0.15, 0.2) is 6.20 Å². The minimum Gasteiger partial charge on any atom is -0.392 e. The average Bonchev–Trinajstić information content (AvgIpc) is 2.86. The van der Waals surface area contributed by atoms with E-state index in [-0.39, 0.29) is 6.61 Å². The van der Waals surface area contributed by atoms with Crippen molar-refractivity contribution in [2.24, 2.45) is 0 Å².